The summed E-state index contributed by atoms with van der Waals surface area (Å²) in [5.74, 6) is -0.962. The van der Waals surface area contributed by atoms with Gasteiger partial charge in [0.1, 0.15) is 5.82 Å². The number of amides is 1. The van der Waals surface area contributed by atoms with E-state index in [1.54, 1.807) is 0 Å². The van der Waals surface area contributed by atoms with Gasteiger partial charge in [0.2, 0.25) is 15.9 Å². The van der Waals surface area contributed by atoms with Gasteiger partial charge in [0.25, 0.3) is 0 Å². The van der Waals surface area contributed by atoms with Crippen molar-refractivity contribution in [2.24, 2.45) is 0 Å². The largest absolute Gasteiger partial charge is 0.374 e. The fourth-order valence-corrected chi connectivity index (χ4v) is 3.00. The van der Waals surface area contributed by atoms with Gasteiger partial charge in [-0.05, 0) is 42.5 Å². The quantitative estimate of drug-likeness (QED) is 0.801. The molecule has 0 saturated carbocycles. The van der Waals surface area contributed by atoms with E-state index in [9.17, 15) is 17.6 Å². The number of carbonyl (C=O) groups is 1. The summed E-state index contributed by atoms with van der Waals surface area (Å²) in [5, 5.41) is 5.52. The monoisotopic (exact) mass is 385 g/mol. The molecule has 134 valence electrons. The molecule has 0 heterocycles. The summed E-state index contributed by atoms with van der Waals surface area (Å²) in [4.78, 5) is 12.0. The molecule has 6 nitrogen and oxygen atoms in total. The maximum absolute atomic E-state index is 13.6. The molecule has 0 aromatic heterocycles. The van der Waals surface area contributed by atoms with E-state index in [-0.39, 0.29) is 22.2 Å². The smallest absolute Gasteiger partial charge is 0.243 e. The maximum Gasteiger partial charge on any atom is 0.243 e. The SMILES string of the molecule is CN(C)S(=O)(=O)c1ccc(NC(=O)CNc2ccc(Cl)cc2F)cc1. The first-order valence-electron chi connectivity index (χ1n) is 7.21. The van der Waals surface area contributed by atoms with E-state index in [0.29, 0.717) is 5.69 Å². The van der Waals surface area contributed by atoms with Crippen LogP contribution in [0, 0.1) is 5.82 Å². The molecule has 2 rings (SSSR count). The van der Waals surface area contributed by atoms with Gasteiger partial charge in [0.05, 0.1) is 17.1 Å². The summed E-state index contributed by atoms with van der Waals surface area (Å²) in [6.45, 7) is -0.156. The minimum absolute atomic E-state index is 0.122. The lowest BCUT2D eigenvalue weighted by atomic mass is 10.3. The zero-order valence-corrected chi connectivity index (χ0v) is 15.2. The van der Waals surface area contributed by atoms with Gasteiger partial charge in [-0.25, -0.2) is 17.1 Å². The minimum Gasteiger partial charge on any atom is -0.374 e. The van der Waals surface area contributed by atoms with Crippen LogP contribution < -0.4 is 10.6 Å². The summed E-state index contributed by atoms with van der Waals surface area (Å²) in [6.07, 6.45) is 0. The second-order valence-electron chi connectivity index (χ2n) is 5.34. The number of carbonyl (C=O) groups excluding carboxylic acids is 1. The minimum atomic E-state index is -3.52. The number of rotatable bonds is 6. The highest BCUT2D eigenvalue weighted by Gasteiger charge is 2.16. The Balaban J connectivity index is 1.97. The molecular weight excluding hydrogens is 369 g/mol. The Kier molecular flexibility index (Phi) is 5.99. The molecule has 0 aliphatic rings. The number of halogens is 2. The molecule has 0 saturated heterocycles. The summed E-state index contributed by atoms with van der Waals surface area (Å²) in [5.41, 5.74) is 0.591. The molecule has 0 aliphatic carbocycles. The molecule has 2 aromatic carbocycles. The van der Waals surface area contributed by atoms with Gasteiger partial charge in [-0.3, -0.25) is 4.79 Å². The molecule has 0 bridgehead atoms. The number of hydrogen-bond acceptors (Lipinski definition) is 4. The number of nitrogens with zero attached hydrogens (tertiary/aromatic N) is 1. The number of anilines is 2. The Labute approximate surface area is 150 Å². The van der Waals surface area contributed by atoms with Crippen LogP contribution in [0.4, 0.5) is 15.8 Å². The van der Waals surface area contributed by atoms with Crippen LogP contribution >= 0.6 is 11.6 Å². The van der Waals surface area contributed by atoms with Crippen LogP contribution in [0.5, 0.6) is 0 Å². The van der Waals surface area contributed by atoms with Gasteiger partial charge in [-0.2, -0.15) is 0 Å². The topological polar surface area (TPSA) is 78.5 Å². The van der Waals surface area contributed by atoms with Crippen LogP contribution in [0.15, 0.2) is 47.4 Å². The molecular formula is C16H17ClFN3O3S. The molecule has 25 heavy (non-hydrogen) atoms. The average Bonchev–Trinajstić information content (AvgIpc) is 2.54. The van der Waals surface area contributed by atoms with Gasteiger partial charge >= 0.3 is 0 Å². The van der Waals surface area contributed by atoms with Crippen molar-refractivity contribution in [2.75, 3.05) is 31.3 Å². The molecule has 2 aromatic rings. The highest BCUT2D eigenvalue weighted by Crippen LogP contribution is 2.19. The van der Waals surface area contributed by atoms with Gasteiger partial charge in [-0.15, -0.1) is 0 Å². The zero-order chi connectivity index (χ0) is 18.6. The molecule has 0 spiro atoms. The van der Waals surface area contributed by atoms with Crippen molar-refractivity contribution >= 4 is 38.9 Å². The van der Waals surface area contributed by atoms with E-state index in [0.717, 1.165) is 10.4 Å². The Morgan fingerprint density at radius 1 is 1.16 bits per heavy atom. The fraction of sp³-hybridized carbons (Fsp3) is 0.188. The van der Waals surface area contributed by atoms with Crippen molar-refractivity contribution in [1.82, 2.24) is 4.31 Å². The summed E-state index contributed by atoms with van der Waals surface area (Å²) >= 11 is 5.66. The lowest BCUT2D eigenvalue weighted by Crippen LogP contribution is -2.23. The fourth-order valence-electron chi connectivity index (χ4n) is 1.93. The lowest BCUT2D eigenvalue weighted by Gasteiger charge is -2.12. The van der Waals surface area contributed by atoms with Gasteiger partial charge in [0, 0.05) is 24.8 Å². The number of nitrogens with one attached hydrogen (secondary N) is 2. The normalized spacial score (nSPS) is 11.4. The third-order valence-electron chi connectivity index (χ3n) is 3.29. The molecule has 0 atom stereocenters. The van der Waals surface area contributed by atoms with E-state index in [4.69, 9.17) is 11.6 Å². The van der Waals surface area contributed by atoms with E-state index in [1.165, 1.54) is 50.5 Å². The van der Waals surface area contributed by atoms with E-state index in [1.807, 2.05) is 0 Å². The predicted octanol–water partition coefficient (Wildman–Crippen LogP) is 2.78. The highest BCUT2D eigenvalue weighted by molar-refractivity contribution is 7.89. The van der Waals surface area contributed by atoms with E-state index in [2.05, 4.69) is 10.6 Å². The molecule has 9 heteroatoms. The standard InChI is InChI=1S/C16H17ClFN3O3S/c1-21(2)25(23,24)13-6-4-12(5-7-13)20-16(22)10-19-15-8-3-11(17)9-14(15)18/h3-9,19H,10H2,1-2H3,(H,20,22). The molecule has 1 amide bonds. The lowest BCUT2D eigenvalue weighted by molar-refractivity contribution is -0.114. The van der Waals surface area contributed by atoms with Crippen molar-refractivity contribution in [3.8, 4) is 0 Å². The van der Waals surface area contributed by atoms with Crippen LogP contribution in [0.3, 0.4) is 0 Å². The Morgan fingerprint density at radius 2 is 1.80 bits per heavy atom. The zero-order valence-electron chi connectivity index (χ0n) is 13.6. The van der Waals surface area contributed by atoms with Crippen LogP contribution in [0.25, 0.3) is 0 Å². The van der Waals surface area contributed by atoms with Crippen molar-refractivity contribution in [2.45, 2.75) is 4.90 Å². The maximum atomic E-state index is 13.6. The van der Waals surface area contributed by atoms with Crippen LogP contribution in [0.2, 0.25) is 5.02 Å². The highest BCUT2D eigenvalue weighted by atomic mass is 35.5. The predicted molar refractivity (Wildman–Crippen MR) is 95.8 cm³/mol. The van der Waals surface area contributed by atoms with E-state index < -0.39 is 21.7 Å². The molecule has 0 aliphatic heterocycles. The number of hydrogen-bond donors (Lipinski definition) is 2. The molecule has 0 radical (unpaired) electrons. The third kappa shape index (κ3) is 4.91. The first-order valence-corrected chi connectivity index (χ1v) is 9.03. The van der Waals surface area contributed by atoms with E-state index >= 15 is 0 Å². The Morgan fingerprint density at radius 3 is 2.36 bits per heavy atom. The second kappa shape index (κ2) is 7.81. The first-order chi connectivity index (χ1) is 11.7. The summed E-state index contributed by atoms with van der Waals surface area (Å²) < 4.78 is 38.6. The van der Waals surface area contributed by atoms with Crippen molar-refractivity contribution < 1.29 is 17.6 Å². The molecule has 2 N–H and O–H groups in total. The number of sulfonamides is 1. The molecule has 0 fully saturated rings. The molecule has 0 unspecified atom stereocenters. The average molecular weight is 386 g/mol. The first kappa shape index (κ1) is 19.2. The van der Waals surface area contributed by atoms with Crippen molar-refractivity contribution in [3.63, 3.8) is 0 Å². The van der Waals surface area contributed by atoms with Gasteiger partial charge in [-0.1, -0.05) is 11.6 Å². The van der Waals surface area contributed by atoms with Crippen LogP contribution in [-0.2, 0) is 14.8 Å². The van der Waals surface area contributed by atoms with Crippen LogP contribution in [-0.4, -0.2) is 39.3 Å². The van der Waals surface area contributed by atoms with Gasteiger partial charge in [0.15, 0.2) is 0 Å². The number of benzene rings is 2. The van der Waals surface area contributed by atoms with Crippen LogP contribution in [0.1, 0.15) is 0 Å². The summed E-state index contributed by atoms with van der Waals surface area (Å²) in [6, 6.07) is 9.86. The Bertz CT molecular complexity index is 871. The third-order valence-corrected chi connectivity index (χ3v) is 5.35. The van der Waals surface area contributed by atoms with Crippen molar-refractivity contribution in [1.29, 1.82) is 0 Å². The van der Waals surface area contributed by atoms with Crippen molar-refractivity contribution in [3.05, 3.63) is 53.3 Å². The second-order valence-corrected chi connectivity index (χ2v) is 7.93. The summed E-state index contributed by atoms with van der Waals surface area (Å²) in [7, 11) is -0.647. The Hall–Kier alpha value is -2.16. The van der Waals surface area contributed by atoms with Gasteiger partial charge < -0.3 is 10.6 Å².